The van der Waals surface area contributed by atoms with E-state index in [0.717, 1.165) is 13.1 Å². The van der Waals surface area contributed by atoms with Gasteiger partial charge in [-0.25, -0.2) is 0 Å². The van der Waals surface area contributed by atoms with E-state index in [1.54, 1.807) is 0 Å². The van der Waals surface area contributed by atoms with Crippen LogP contribution in [0.25, 0.3) is 0 Å². The van der Waals surface area contributed by atoms with Gasteiger partial charge in [-0.15, -0.1) is 0 Å². The first-order chi connectivity index (χ1) is 8.94. The highest BCUT2D eigenvalue weighted by molar-refractivity contribution is 5.71. The van der Waals surface area contributed by atoms with Gasteiger partial charge in [0.15, 0.2) is 0 Å². The Balaban J connectivity index is 1.91. The molecule has 1 aliphatic rings. The third-order valence-corrected chi connectivity index (χ3v) is 2.47. The molecular formula is C12H19N3O4. The highest BCUT2D eigenvalue weighted by Gasteiger charge is 2.21. The average Bonchev–Trinajstić information content (AvgIpc) is 2.76. The fourth-order valence-electron chi connectivity index (χ4n) is 1.71. The predicted octanol–water partition coefficient (Wildman–Crippen LogP) is 0.790. The number of esters is 1. The molecule has 0 aromatic carbocycles. The molecule has 0 aliphatic carbocycles. The lowest BCUT2D eigenvalue weighted by atomic mass is 10.2. The van der Waals surface area contributed by atoms with Crippen molar-refractivity contribution >= 4 is 11.9 Å². The average molecular weight is 269 g/mol. The van der Waals surface area contributed by atoms with Crippen LogP contribution < -0.4 is 4.90 Å². The summed E-state index contributed by atoms with van der Waals surface area (Å²) >= 11 is 0. The van der Waals surface area contributed by atoms with Gasteiger partial charge in [-0.3, -0.25) is 4.79 Å². The zero-order valence-electron chi connectivity index (χ0n) is 11.5. The number of anilines is 1. The van der Waals surface area contributed by atoms with Crippen LogP contribution in [-0.4, -0.2) is 48.0 Å². The molecule has 7 heteroatoms. The Morgan fingerprint density at radius 3 is 2.68 bits per heavy atom. The summed E-state index contributed by atoms with van der Waals surface area (Å²) < 4.78 is 15.5. The summed E-state index contributed by atoms with van der Waals surface area (Å²) in [6.45, 7) is 8.20. The largest absolute Gasteiger partial charge is 0.460 e. The van der Waals surface area contributed by atoms with E-state index in [9.17, 15) is 4.79 Å². The molecule has 0 radical (unpaired) electrons. The van der Waals surface area contributed by atoms with E-state index in [-0.39, 0.29) is 18.3 Å². The fraction of sp³-hybridized carbons (Fsp3) is 0.750. The maximum absolute atomic E-state index is 11.6. The lowest BCUT2D eigenvalue weighted by Crippen LogP contribution is -2.36. The Bertz CT molecular complexity index is 432. The van der Waals surface area contributed by atoms with E-state index >= 15 is 0 Å². The molecular weight excluding hydrogens is 250 g/mol. The summed E-state index contributed by atoms with van der Waals surface area (Å²) in [6, 6.07) is 0. The van der Waals surface area contributed by atoms with Crippen molar-refractivity contribution in [3.8, 4) is 0 Å². The third kappa shape index (κ3) is 4.20. The van der Waals surface area contributed by atoms with Gasteiger partial charge in [0.05, 0.1) is 13.2 Å². The Hall–Kier alpha value is -1.63. The number of aromatic nitrogens is 2. The van der Waals surface area contributed by atoms with Gasteiger partial charge in [0.2, 0.25) is 5.89 Å². The first-order valence-electron chi connectivity index (χ1n) is 6.31. The Labute approximate surface area is 111 Å². The van der Waals surface area contributed by atoms with Gasteiger partial charge < -0.3 is 18.9 Å². The minimum atomic E-state index is -0.510. The van der Waals surface area contributed by atoms with Crippen molar-refractivity contribution in [2.45, 2.75) is 32.8 Å². The Morgan fingerprint density at radius 2 is 2.05 bits per heavy atom. The van der Waals surface area contributed by atoms with Crippen LogP contribution in [0, 0.1) is 0 Å². The molecule has 1 saturated heterocycles. The molecule has 7 nitrogen and oxygen atoms in total. The van der Waals surface area contributed by atoms with Gasteiger partial charge in [0.1, 0.15) is 12.0 Å². The van der Waals surface area contributed by atoms with Crippen LogP contribution in [0.5, 0.6) is 0 Å². The lowest BCUT2D eigenvalue weighted by molar-refractivity contribution is -0.154. The van der Waals surface area contributed by atoms with Gasteiger partial charge in [0, 0.05) is 13.1 Å². The molecule has 106 valence electrons. The number of morpholine rings is 1. The van der Waals surface area contributed by atoms with E-state index in [2.05, 4.69) is 10.1 Å². The summed E-state index contributed by atoms with van der Waals surface area (Å²) in [4.78, 5) is 17.8. The number of carbonyl (C=O) groups is 1. The van der Waals surface area contributed by atoms with Crippen molar-refractivity contribution in [2.75, 3.05) is 31.2 Å². The topological polar surface area (TPSA) is 77.7 Å². The van der Waals surface area contributed by atoms with Crippen LogP contribution >= 0.6 is 0 Å². The summed E-state index contributed by atoms with van der Waals surface area (Å²) in [6.07, 6.45) is -0.00535. The smallest absolute Gasteiger partial charge is 0.315 e. The monoisotopic (exact) mass is 269 g/mol. The molecule has 0 amide bonds. The quantitative estimate of drug-likeness (QED) is 0.751. The van der Waals surface area contributed by atoms with Gasteiger partial charge in [-0.05, 0) is 25.9 Å². The number of carbonyl (C=O) groups excluding carboxylic acids is 1. The van der Waals surface area contributed by atoms with Gasteiger partial charge in [-0.1, -0.05) is 0 Å². The van der Waals surface area contributed by atoms with Crippen molar-refractivity contribution in [1.29, 1.82) is 0 Å². The second-order valence-electron chi connectivity index (χ2n) is 5.35. The fourth-order valence-corrected chi connectivity index (χ4v) is 1.71. The van der Waals surface area contributed by atoms with Crippen molar-refractivity contribution < 1.29 is 18.8 Å². The zero-order valence-corrected chi connectivity index (χ0v) is 11.5. The lowest BCUT2D eigenvalue weighted by Gasteiger charge is -2.24. The molecule has 1 aliphatic heterocycles. The van der Waals surface area contributed by atoms with Crippen LogP contribution in [0.1, 0.15) is 26.7 Å². The number of rotatable bonds is 3. The number of hydrogen-bond donors (Lipinski definition) is 0. The molecule has 1 aromatic rings. The van der Waals surface area contributed by atoms with E-state index in [0.29, 0.717) is 19.2 Å². The summed E-state index contributed by atoms with van der Waals surface area (Å²) in [5.74, 6) is 0.405. The molecule has 2 rings (SSSR count). The molecule has 0 spiro atoms. The third-order valence-electron chi connectivity index (χ3n) is 2.47. The standard InChI is InChI=1S/C12H19N3O4/c1-12(2,3)18-10(16)8-9-13-11(14-19-9)15-4-6-17-7-5-15/h4-8H2,1-3H3. The Kier molecular flexibility index (Phi) is 4.04. The van der Waals surface area contributed by atoms with Crippen LogP contribution in [0.3, 0.4) is 0 Å². The van der Waals surface area contributed by atoms with E-state index in [1.165, 1.54) is 0 Å². The normalized spacial score (nSPS) is 16.5. The van der Waals surface area contributed by atoms with Crippen LogP contribution in [-0.2, 0) is 20.7 Å². The molecule has 1 fully saturated rings. The van der Waals surface area contributed by atoms with E-state index in [4.69, 9.17) is 14.0 Å². The highest BCUT2D eigenvalue weighted by atomic mass is 16.6. The number of nitrogens with zero attached hydrogens (tertiary/aromatic N) is 3. The minimum Gasteiger partial charge on any atom is -0.460 e. The van der Waals surface area contributed by atoms with Gasteiger partial charge in [-0.2, -0.15) is 4.98 Å². The molecule has 2 heterocycles. The predicted molar refractivity (Wildman–Crippen MR) is 66.9 cm³/mol. The summed E-state index contributed by atoms with van der Waals surface area (Å²) in [5, 5.41) is 3.87. The summed E-state index contributed by atoms with van der Waals surface area (Å²) in [7, 11) is 0. The second kappa shape index (κ2) is 5.56. The Morgan fingerprint density at radius 1 is 1.37 bits per heavy atom. The molecule has 0 unspecified atom stereocenters. The SMILES string of the molecule is CC(C)(C)OC(=O)Cc1nc(N2CCOCC2)no1. The molecule has 0 N–H and O–H groups in total. The van der Waals surface area contributed by atoms with Crippen molar-refractivity contribution in [1.82, 2.24) is 10.1 Å². The molecule has 0 bridgehead atoms. The van der Waals surface area contributed by atoms with Crippen LogP contribution in [0.2, 0.25) is 0 Å². The summed E-state index contributed by atoms with van der Waals surface area (Å²) in [5.41, 5.74) is -0.510. The van der Waals surface area contributed by atoms with Crippen molar-refractivity contribution in [2.24, 2.45) is 0 Å². The maximum Gasteiger partial charge on any atom is 0.315 e. The second-order valence-corrected chi connectivity index (χ2v) is 5.35. The van der Waals surface area contributed by atoms with Crippen LogP contribution in [0.15, 0.2) is 4.52 Å². The molecule has 0 saturated carbocycles. The van der Waals surface area contributed by atoms with Gasteiger partial charge in [0.25, 0.3) is 5.95 Å². The van der Waals surface area contributed by atoms with Crippen molar-refractivity contribution in [3.05, 3.63) is 5.89 Å². The molecule has 0 atom stereocenters. The van der Waals surface area contributed by atoms with Gasteiger partial charge >= 0.3 is 5.97 Å². The number of hydrogen-bond acceptors (Lipinski definition) is 7. The maximum atomic E-state index is 11.6. The molecule has 19 heavy (non-hydrogen) atoms. The van der Waals surface area contributed by atoms with E-state index < -0.39 is 5.60 Å². The van der Waals surface area contributed by atoms with E-state index in [1.807, 2.05) is 25.7 Å². The minimum absolute atomic E-state index is 0.00535. The van der Waals surface area contributed by atoms with Crippen molar-refractivity contribution in [3.63, 3.8) is 0 Å². The molecule has 1 aromatic heterocycles. The first-order valence-corrected chi connectivity index (χ1v) is 6.31. The number of ether oxygens (including phenoxy) is 2. The highest BCUT2D eigenvalue weighted by Crippen LogP contribution is 2.13. The first kappa shape index (κ1) is 13.8. The van der Waals surface area contributed by atoms with Crippen LogP contribution in [0.4, 0.5) is 5.95 Å². The zero-order chi connectivity index (χ0) is 13.9.